The van der Waals surface area contributed by atoms with Crippen molar-refractivity contribution >= 4 is 23.3 Å². The molecule has 1 unspecified atom stereocenters. The number of nitrogen functional groups attached to an aromatic ring is 2. The molecule has 7 N–H and O–H groups in total. The van der Waals surface area contributed by atoms with Crippen LogP contribution >= 0.6 is 0 Å². The molecule has 10 heteroatoms. The zero-order chi connectivity index (χ0) is 21.3. The molecule has 0 fully saturated rings. The second-order valence-corrected chi connectivity index (χ2v) is 6.72. The van der Waals surface area contributed by atoms with Gasteiger partial charge in [-0.2, -0.15) is 10.5 Å². The summed E-state index contributed by atoms with van der Waals surface area (Å²) in [6.45, 7) is 4.00. The lowest BCUT2D eigenvalue weighted by Crippen LogP contribution is -2.32. The fourth-order valence-corrected chi connectivity index (χ4v) is 3.15. The standard InChI is InChI=1S/C19H20N8O2/c1-8(2)9-4-10(16(28)12(5-9)29-3)15-13-14(22)11(6-20)17(23)26-18(13)27-19(25-15)24-7-21/h4-5,8,15,28H,1-3H3,(H6,22,23,24,25,26,27). The largest absolute Gasteiger partial charge is 0.504 e. The Morgan fingerprint density at radius 1 is 1.31 bits per heavy atom. The number of nitriles is 2. The summed E-state index contributed by atoms with van der Waals surface area (Å²) in [4.78, 5) is 8.68. The van der Waals surface area contributed by atoms with Gasteiger partial charge in [0.15, 0.2) is 17.7 Å². The molecular weight excluding hydrogens is 372 g/mol. The summed E-state index contributed by atoms with van der Waals surface area (Å²) in [6, 6.07) is 4.63. The number of anilines is 3. The van der Waals surface area contributed by atoms with E-state index in [9.17, 15) is 10.4 Å². The van der Waals surface area contributed by atoms with Gasteiger partial charge in [-0.15, -0.1) is 0 Å². The summed E-state index contributed by atoms with van der Waals surface area (Å²) < 4.78 is 5.32. The Balaban J connectivity index is 2.34. The molecule has 1 aliphatic rings. The number of pyridine rings is 1. The van der Waals surface area contributed by atoms with Gasteiger partial charge in [0.05, 0.1) is 12.8 Å². The van der Waals surface area contributed by atoms with Crippen molar-refractivity contribution in [1.82, 2.24) is 10.3 Å². The number of hydrogen-bond donors (Lipinski definition) is 5. The van der Waals surface area contributed by atoms with Crippen molar-refractivity contribution in [3.05, 3.63) is 34.4 Å². The highest BCUT2D eigenvalue weighted by molar-refractivity contribution is 5.98. The van der Waals surface area contributed by atoms with Gasteiger partial charge in [0.1, 0.15) is 29.3 Å². The van der Waals surface area contributed by atoms with Crippen LogP contribution in [-0.2, 0) is 0 Å². The van der Waals surface area contributed by atoms with Crippen LogP contribution in [0, 0.1) is 22.8 Å². The lowest BCUT2D eigenvalue weighted by molar-refractivity contribution is 0.369. The van der Waals surface area contributed by atoms with Crippen molar-refractivity contribution in [2.24, 2.45) is 4.99 Å². The van der Waals surface area contributed by atoms with Crippen molar-refractivity contribution in [3.8, 4) is 23.8 Å². The van der Waals surface area contributed by atoms with Crippen molar-refractivity contribution in [3.63, 3.8) is 0 Å². The van der Waals surface area contributed by atoms with Crippen LogP contribution in [0.2, 0.25) is 0 Å². The first kappa shape index (κ1) is 19.6. The van der Waals surface area contributed by atoms with Gasteiger partial charge in [0.25, 0.3) is 0 Å². The molecule has 3 rings (SSSR count). The molecule has 1 aromatic heterocycles. The topological polar surface area (TPSA) is 178 Å². The summed E-state index contributed by atoms with van der Waals surface area (Å²) >= 11 is 0. The zero-order valence-electron chi connectivity index (χ0n) is 16.1. The van der Waals surface area contributed by atoms with Gasteiger partial charge in [0, 0.05) is 11.1 Å². The quantitative estimate of drug-likeness (QED) is 0.385. The highest BCUT2D eigenvalue weighted by Crippen LogP contribution is 2.46. The number of nitrogens with zero attached hydrogens (tertiary/aromatic N) is 4. The van der Waals surface area contributed by atoms with E-state index in [2.05, 4.69) is 20.6 Å². The van der Waals surface area contributed by atoms with Gasteiger partial charge in [-0.05, 0) is 23.6 Å². The first-order valence-corrected chi connectivity index (χ1v) is 8.71. The number of nitrogens with one attached hydrogen (secondary N) is 2. The van der Waals surface area contributed by atoms with Crippen LogP contribution < -0.4 is 26.8 Å². The third kappa shape index (κ3) is 3.28. The van der Waals surface area contributed by atoms with Gasteiger partial charge in [0.2, 0.25) is 5.96 Å². The zero-order valence-corrected chi connectivity index (χ0v) is 16.1. The van der Waals surface area contributed by atoms with Crippen LogP contribution in [0.1, 0.15) is 48.1 Å². The summed E-state index contributed by atoms with van der Waals surface area (Å²) in [6.07, 6.45) is 1.79. The third-order valence-electron chi connectivity index (χ3n) is 4.67. The molecule has 2 heterocycles. The van der Waals surface area contributed by atoms with Crippen LogP contribution in [0.3, 0.4) is 0 Å². The molecule has 0 saturated carbocycles. The molecule has 0 bridgehead atoms. The molecule has 0 aliphatic carbocycles. The number of aromatic hydroxyl groups is 1. The third-order valence-corrected chi connectivity index (χ3v) is 4.67. The first-order valence-electron chi connectivity index (χ1n) is 8.71. The number of aromatic nitrogens is 1. The van der Waals surface area contributed by atoms with Gasteiger partial charge in [-0.1, -0.05) is 13.8 Å². The van der Waals surface area contributed by atoms with Crippen LogP contribution in [0.15, 0.2) is 17.1 Å². The van der Waals surface area contributed by atoms with Gasteiger partial charge < -0.3 is 26.6 Å². The van der Waals surface area contributed by atoms with E-state index in [4.69, 9.17) is 21.5 Å². The van der Waals surface area contributed by atoms with E-state index in [1.807, 2.05) is 19.9 Å². The Morgan fingerprint density at radius 3 is 2.62 bits per heavy atom. The fourth-order valence-electron chi connectivity index (χ4n) is 3.15. The van der Waals surface area contributed by atoms with E-state index >= 15 is 0 Å². The number of hydrogen-bond acceptors (Lipinski definition) is 10. The molecule has 1 atom stereocenters. The molecule has 0 amide bonds. The van der Waals surface area contributed by atoms with Gasteiger partial charge in [-0.3, -0.25) is 5.32 Å². The summed E-state index contributed by atoms with van der Waals surface area (Å²) in [5, 5.41) is 34.5. The van der Waals surface area contributed by atoms with E-state index in [0.717, 1.165) is 5.56 Å². The maximum absolute atomic E-state index is 10.8. The van der Waals surface area contributed by atoms with E-state index in [-0.39, 0.29) is 46.3 Å². The number of aliphatic imine (C=N–C) groups is 1. The number of ether oxygens (including phenoxy) is 1. The monoisotopic (exact) mass is 392 g/mol. The Bertz CT molecular complexity index is 1100. The molecule has 0 saturated heterocycles. The molecule has 1 aliphatic heterocycles. The molecule has 2 aromatic rings. The minimum atomic E-state index is -0.852. The number of guanidine groups is 1. The minimum absolute atomic E-state index is 0.0221. The molecule has 29 heavy (non-hydrogen) atoms. The van der Waals surface area contributed by atoms with Crippen LogP contribution in [0.5, 0.6) is 11.5 Å². The maximum atomic E-state index is 10.8. The van der Waals surface area contributed by atoms with Crippen molar-refractivity contribution < 1.29 is 9.84 Å². The Hall–Kier alpha value is -4.18. The summed E-state index contributed by atoms with van der Waals surface area (Å²) in [5.41, 5.74) is 13.9. The number of benzene rings is 1. The first-order chi connectivity index (χ1) is 13.8. The Kier molecular flexibility index (Phi) is 5.03. The Labute approximate surface area is 167 Å². The maximum Gasteiger partial charge on any atom is 0.211 e. The Morgan fingerprint density at radius 2 is 2.03 bits per heavy atom. The number of rotatable bonds is 3. The normalized spacial score (nSPS) is 14.8. The molecule has 1 aromatic carbocycles. The average Bonchev–Trinajstić information content (AvgIpc) is 2.67. The van der Waals surface area contributed by atoms with Gasteiger partial charge >= 0.3 is 0 Å². The van der Waals surface area contributed by atoms with E-state index < -0.39 is 6.04 Å². The van der Waals surface area contributed by atoms with Crippen molar-refractivity contribution in [2.45, 2.75) is 25.8 Å². The van der Waals surface area contributed by atoms with Crippen LogP contribution in [-0.4, -0.2) is 23.2 Å². The fraction of sp³-hybridized carbons (Fsp3) is 0.263. The van der Waals surface area contributed by atoms with E-state index in [1.54, 1.807) is 18.3 Å². The molecule has 10 nitrogen and oxygen atoms in total. The molecule has 0 radical (unpaired) electrons. The second kappa shape index (κ2) is 7.44. The van der Waals surface area contributed by atoms with Crippen LogP contribution in [0.4, 0.5) is 17.3 Å². The predicted molar refractivity (Wildman–Crippen MR) is 108 cm³/mol. The summed E-state index contributed by atoms with van der Waals surface area (Å²) in [5.74, 6) is 0.593. The minimum Gasteiger partial charge on any atom is -0.504 e. The van der Waals surface area contributed by atoms with Crippen molar-refractivity contribution in [1.29, 1.82) is 10.5 Å². The lowest BCUT2D eigenvalue weighted by atomic mass is 9.91. The smallest absolute Gasteiger partial charge is 0.211 e. The number of nitrogens with two attached hydrogens (primary N) is 2. The average molecular weight is 392 g/mol. The molecule has 0 spiro atoms. The highest BCUT2D eigenvalue weighted by atomic mass is 16.5. The second-order valence-electron chi connectivity index (χ2n) is 6.72. The van der Waals surface area contributed by atoms with Crippen LogP contribution in [0.25, 0.3) is 0 Å². The van der Waals surface area contributed by atoms with Gasteiger partial charge in [-0.25, -0.2) is 9.98 Å². The number of fused-ring (bicyclic) bond motifs is 1. The lowest BCUT2D eigenvalue weighted by Gasteiger charge is -2.27. The SMILES string of the molecule is COc1cc(C(C)C)cc(C2N=C(NC#N)Nc3nc(N)c(C#N)c(N)c32)c1O. The van der Waals surface area contributed by atoms with E-state index in [0.29, 0.717) is 11.1 Å². The summed E-state index contributed by atoms with van der Waals surface area (Å²) in [7, 11) is 1.45. The number of phenols is 1. The highest BCUT2D eigenvalue weighted by Gasteiger charge is 2.32. The number of phenolic OH excluding ortho intramolecular Hbond substituents is 1. The molecule has 148 valence electrons. The molecular formula is C19H20N8O2. The van der Waals surface area contributed by atoms with Crippen molar-refractivity contribution in [2.75, 3.05) is 23.9 Å². The predicted octanol–water partition coefficient (Wildman–Crippen LogP) is 1.90. The number of methoxy groups -OCH3 is 1. The van der Waals surface area contributed by atoms with E-state index in [1.165, 1.54) is 7.11 Å².